The first kappa shape index (κ1) is 14.0. The summed E-state index contributed by atoms with van der Waals surface area (Å²) in [6.07, 6.45) is 2.41. The van der Waals surface area contributed by atoms with E-state index in [1.807, 2.05) is 0 Å². The van der Waals surface area contributed by atoms with Crippen molar-refractivity contribution in [3.8, 4) is 0 Å². The average Bonchev–Trinajstić information content (AvgIpc) is 2.45. The second kappa shape index (κ2) is 5.80. The van der Waals surface area contributed by atoms with Crippen LogP contribution in [0.25, 0.3) is 0 Å². The third-order valence-corrected chi connectivity index (χ3v) is 4.87. The number of likely N-dealkylation sites (tertiary alicyclic amines) is 1. The highest BCUT2D eigenvalue weighted by molar-refractivity contribution is 5.10. The van der Waals surface area contributed by atoms with E-state index in [1.165, 1.54) is 18.5 Å². The van der Waals surface area contributed by atoms with Crippen LogP contribution in [0, 0.1) is 6.92 Å². The summed E-state index contributed by atoms with van der Waals surface area (Å²) in [4.78, 5) is 9.65. The third kappa shape index (κ3) is 2.87. The van der Waals surface area contributed by atoms with E-state index >= 15 is 0 Å². The number of morpholine rings is 1. The minimum atomic E-state index is 0.286. The van der Waals surface area contributed by atoms with E-state index in [0.717, 1.165) is 45.1 Å². The van der Waals surface area contributed by atoms with Gasteiger partial charge >= 0.3 is 0 Å². The molecule has 2 saturated heterocycles. The van der Waals surface area contributed by atoms with Crippen LogP contribution in [0.2, 0.25) is 0 Å². The zero-order valence-corrected chi connectivity index (χ0v) is 12.6. The summed E-state index contributed by atoms with van der Waals surface area (Å²) >= 11 is 0. The van der Waals surface area contributed by atoms with Crippen molar-refractivity contribution in [2.45, 2.75) is 31.8 Å². The summed E-state index contributed by atoms with van der Waals surface area (Å²) in [5.41, 5.74) is 2.58. The molecule has 2 fully saturated rings. The number of hydrogen-bond acceptors (Lipinski definition) is 4. The summed E-state index contributed by atoms with van der Waals surface area (Å²) in [6, 6.07) is 6.29. The zero-order chi connectivity index (χ0) is 14.0. The van der Waals surface area contributed by atoms with Crippen LogP contribution in [-0.4, -0.2) is 60.2 Å². The second-order valence-corrected chi connectivity index (χ2v) is 6.24. The molecule has 0 atom stereocenters. The minimum absolute atomic E-state index is 0.286. The number of ether oxygens (including phenoxy) is 1. The normalized spacial score (nSPS) is 24.1. The molecular weight excluding hydrogens is 250 g/mol. The van der Waals surface area contributed by atoms with Crippen LogP contribution in [0.3, 0.4) is 0 Å². The van der Waals surface area contributed by atoms with E-state index in [4.69, 9.17) is 4.74 Å². The van der Waals surface area contributed by atoms with E-state index in [9.17, 15) is 0 Å². The van der Waals surface area contributed by atoms with Gasteiger partial charge in [-0.15, -0.1) is 0 Å². The second-order valence-electron chi connectivity index (χ2n) is 6.24. The number of piperidine rings is 1. The largest absolute Gasteiger partial charge is 0.378 e. The molecule has 1 aromatic heterocycles. The lowest BCUT2D eigenvalue weighted by molar-refractivity contribution is -0.0837. The molecule has 0 aromatic carbocycles. The van der Waals surface area contributed by atoms with Crippen LogP contribution < -0.4 is 0 Å². The summed E-state index contributed by atoms with van der Waals surface area (Å²) in [5.74, 6) is 0. The zero-order valence-electron chi connectivity index (χ0n) is 12.6. The molecule has 2 aliphatic rings. The van der Waals surface area contributed by atoms with Crippen molar-refractivity contribution in [2.24, 2.45) is 0 Å². The monoisotopic (exact) mass is 275 g/mol. The van der Waals surface area contributed by atoms with E-state index in [-0.39, 0.29) is 5.54 Å². The maximum absolute atomic E-state index is 5.73. The number of likely N-dealkylation sites (N-methyl/N-ethyl adjacent to an activating group) is 1. The van der Waals surface area contributed by atoms with E-state index in [2.05, 4.69) is 47.0 Å². The molecule has 0 saturated carbocycles. The highest BCUT2D eigenvalue weighted by Gasteiger charge is 2.40. The predicted octanol–water partition coefficient (Wildman–Crippen LogP) is 1.69. The van der Waals surface area contributed by atoms with Crippen LogP contribution in [0.4, 0.5) is 0 Å². The Bertz CT molecular complexity index is 455. The molecule has 20 heavy (non-hydrogen) atoms. The van der Waals surface area contributed by atoms with Crippen molar-refractivity contribution >= 4 is 0 Å². The summed E-state index contributed by atoms with van der Waals surface area (Å²) in [5, 5.41) is 0. The van der Waals surface area contributed by atoms with E-state index in [0.29, 0.717) is 0 Å². The minimum Gasteiger partial charge on any atom is -0.378 e. The molecular formula is C16H25N3O. The Hall–Kier alpha value is -0.970. The predicted molar refractivity (Wildman–Crippen MR) is 79.7 cm³/mol. The van der Waals surface area contributed by atoms with Gasteiger partial charge in [-0.2, -0.15) is 0 Å². The summed E-state index contributed by atoms with van der Waals surface area (Å²) < 4.78 is 5.73. The highest BCUT2D eigenvalue weighted by atomic mass is 16.5. The number of aryl methyl sites for hydroxylation is 1. The van der Waals surface area contributed by atoms with Crippen LogP contribution in [0.5, 0.6) is 0 Å². The molecule has 0 radical (unpaired) electrons. The molecule has 3 rings (SSSR count). The molecule has 4 heteroatoms. The van der Waals surface area contributed by atoms with Crippen molar-refractivity contribution in [1.82, 2.24) is 14.8 Å². The van der Waals surface area contributed by atoms with Crippen LogP contribution in [-0.2, 0) is 11.3 Å². The van der Waals surface area contributed by atoms with Crippen molar-refractivity contribution in [3.05, 3.63) is 29.6 Å². The molecule has 3 heterocycles. The molecule has 1 spiro atoms. The van der Waals surface area contributed by atoms with Crippen molar-refractivity contribution in [2.75, 3.05) is 39.9 Å². The molecule has 0 unspecified atom stereocenters. The summed E-state index contributed by atoms with van der Waals surface area (Å²) in [6.45, 7) is 8.17. The average molecular weight is 275 g/mol. The molecule has 0 N–H and O–H groups in total. The Balaban J connectivity index is 1.58. The van der Waals surface area contributed by atoms with Crippen LogP contribution in [0.15, 0.2) is 18.2 Å². The van der Waals surface area contributed by atoms with Gasteiger partial charge in [-0.25, -0.2) is 0 Å². The number of rotatable bonds is 2. The van der Waals surface area contributed by atoms with Gasteiger partial charge in [0.05, 0.1) is 18.9 Å². The molecule has 2 aliphatic heterocycles. The van der Waals surface area contributed by atoms with Crippen molar-refractivity contribution < 1.29 is 4.74 Å². The highest BCUT2D eigenvalue weighted by Crippen LogP contribution is 2.30. The fourth-order valence-corrected chi connectivity index (χ4v) is 3.38. The Kier molecular flexibility index (Phi) is 4.06. The Labute approximate surface area is 121 Å². The quantitative estimate of drug-likeness (QED) is 0.821. The lowest BCUT2D eigenvalue weighted by Crippen LogP contribution is -2.59. The Morgan fingerprint density at radius 2 is 2.05 bits per heavy atom. The van der Waals surface area contributed by atoms with Gasteiger partial charge in [-0.1, -0.05) is 6.07 Å². The van der Waals surface area contributed by atoms with E-state index < -0.39 is 0 Å². The van der Waals surface area contributed by atoms with Crippen LogP contribution in [0.1, 0.15) is 24.2 Å². The number of pyridine rings is 1. The summed E-state index contributed by atoms with van der Waals surface area (Å²) in [7, 11) is 2.25. The van der Waals surface area contributed by atoms with Gasteiger partial charge in [0.25, 0.3) is 0 Å². The first-order valence-electron chi connectivity index (χ1n) is 7.62. The molecule has 110 valence electrons. The molecule has 1 aromatic rings. The Morgan fingerprint density at radius 3 is 2.75 bits per heavy atom. The van der Waals surface area contributed by atoms with E-state index in [1.54, 1.807) is 0 Å². The standard InChI is InChI=1S/C16H25N3O/c1-14-4-3-5-15(17-14)12-19-8-6-16(7-9-19)13-20-11-10-18(16)2/h3-5H,6-13H2,1-2H3. The molecule has 0 amide bonds. The first-order chi connectivity index (χ1) is 9.68. The van der Waals surface area contributed by atoms with Crippen LogP contribution >= 0.6 is 0 Å². The maximum atomic E-state index is 5.73. The third-order valence-electron chi connectivity index (χ3n) is 4.87. The lowest BCUT2D eigenvalue weighted by Gasteiger charge is -2.49. The number of hydrogen-bond donors (Lipinski definition) is 0. The van der Waals surface area contributed by atoms with Crippen molar-refractivity contribution in [1.29, 1.82) is 0 Å². The van der Waals surface area contributed by atoms with Gasteiger partial charge in [0.1, 0.15) is 0 Å². The van der Waals surface area contributed by atoms with Gasteiger partial charge < -0.3 is 4.74 Å². The molecule has 4 nitrogen and oxygen atoms in total. The maximum Gasteiger partial charge on any atom is 0.0651 e. The smallest absolute Gasteiger partial charge is 0.0651 e. The fourth-order valence-electron chi connectivity index (χ4n) is 3.38. The van der Waals surface area contributed by atoms with Gasteiger partial charge in [0.15, 0.2) is 0 Å². The SMILES string of the molecule is Cc1cccc(CN2CCC3(CC2)COCCN3C)n1. The molecule has 0 bridgehead atoms. The number of nitrogens with zero attached hydrogens (tertiary/aromatic N) is 3. The first-order valence-corrected chi connectivity index (χ1v) is 7.62. The van der Waals surface area contributed by atoms with Crippen molar-refractivity contribution in [3.63, 3.8) is 0 Å². The topological polar surface area (TPSA) is 28.6 Å². The number of aromatic nitrogens is 1. The Morgan fingerprint density at radius 1 is 1.25 bits per heavy atom. The lowest BCUT2D eigenvalue weighted by atomic mass is 9.86. The fraction of sp³-hybridized carbons (Fsp3) is 0.688. The van der Waals surface area contributed by atoms with Gasteiger partial charge in [-0.3, -0.25) is 14.8 Å². The molecule has 0 aliphatic carbocycles. The van der Waals surface area contributed by atoms with Gasteiger partial charge in [0.2, 0.25) is 0 Å². The van der Waals surface area contributed by atoms with Gasteiger partial charge in [0, 0.05) is 37.4 Å². The van der Waals surface area contributed by atoms with Gasteiger partial charge in [-0.05, 0) is 38.9 Å².